The molecule has 0 amide bonds. The molecule has 92 valence electrons. The van der Waals surface area contributed by atoms with Crippen LogP contribution < -0.4 is 0 Å². The van der Waals surface area contributed by atoms with Crippen LogP contribution in [0.15, 0.2) is 24.3 Å². The fourth-order valence-electron chi connectivity index (χ4n) is 2.48. The molecule has 0 N–H and O–H groups in total. The first-order valence-corrected chi connectivity index (χ1v) is 7.15. The van der Waals surface area contributed by atoms with Crippen LogP contribution in [0.25, 0.3) is 0 Å². The number of carbonyl (C=O) groups excluding carboxylic acids is 1. The van der Waals surface area contributed by atoms with Gasteiger partial charge in [0.15, 0.2) is 0 Å². The van der Waals surface area contributed by atoms with Crippen molar-refractivity contribution in [1.29, 1.82) is 0 Å². The van der Waals surface area contributed by atoms with Gasteiger partial charge in [-0.2, -0.15) is 0 Å². The Balaban J connectivity index is 1.90. The lowest BCUT2D eigenvalue weighted by Gasteiger charge is -2.28. The largest absolute Gasteiger partial charge is 0.463 e. The maximum absolute atomic E-state index is 10.9. The van der Waals surface area contributed by atoms with Crippen LogP contribution in [0.4, 0.5) is 0 Å². The summed E-state index contributed by atoms with van der Waals surface area (Å²) >= 11 is 2.33. The van der Waals surface area contributed by atoms with Crippen molar-refractivity contribution < 1.29 is 9.53 Å². The van der Waals surface area contributed by atoms with Crippen molar-refractivity contribution in [2.75, 3.05) is 0 Å². The highest BCUT2D eigenvalue weighted by Crippen LogP contribution is 2.34. The van der Waals surface area contributed by atoms with Crippen LogP contribution >= 0.6 is 22.6 Å². The van der Waals surface area contributed by atoms with E-state index in [4.69, 9.17) is 4.74 Å². The second-order valence-electron chi connectivity index (χ2n) is 4.63. The summed E-state index contributed by atoms with van der Waals surface area (Å²) in [6, 6.07) is 8.76. The zero-order valence-corrected chi connectivity index (χ0v) is 12.1. The third kappa shape index (κ3) is 3.69. The van der Waals surface area contributed by atoms with Crippen molar-refractivity contribution in [3.63, 3.8) is 0 Å². The maximum Gasteiger partial charge on any atom is 0.302 e. The molecule has 0 spiro atoms. The van der Waals surface area contributed by atoms with Gasteiger partial charge < -0.3 is 4.74 Å². The SMILES string of the molecule is CC(=O)OC1CCC(c2ccc(I)cc2)CC1. The van der Waals surface area contributed by atoms with E-state index in [0.29, 0.717) is 5.92 Å². The molecule has 1 aromatic rings. The average Bonchev–Trinajstić information content (AvgIpc) is 2.30. The molecular weight excluding hydrogens is 327 g/mol. The Kier molecular flexibility index (Phi) is 4.42. The van der Waals surface area contributed by atoms with Gasteiger partial charge in [0.2, 0.25) is 0 Å². The molecule has 1 aliphatic rings. The van der Waals surface area contributed by atoms with Crippen molar-refractivity contribution in [3.8, 4) is 0 Å². The molecule has 2 nitrogen and oxygen atoms in total. The standard InChI is InChI=1S/C14H17IO2/c1-10(16)17-14-8-4-12(5-9-14)11-2-6-13(15)7-3-11/h2-3,6-7,12,14H,4-5,8-9H2,1H3. The third-order valence-corrected chi connectivity index (χ3v) is 4.07. The fraction of sp³-hybridized carbons (Fsp3) is 0.500. The monoisotopic (exact) mass is 344 g/mol. The van der Waals surface area contributed by atoms with Crippen LogP contribution in [0.3, 0.4) is 0 Å². The predicted octanol–water partition coefficient (Wildman–Crippen LogP) is 3.88. The Bertz CT molecular complexity index is 378. The number of halogens is 1. The smallest absolute Gasteiger partial charge is 0.302 e. The van der Waals surface area contributed by atoms with Crippen molar-refractivity contribution in [2.45, 2.75) is 44.6 Å². The average molecular weight is 344 g/mol. The lowest BCUT2D eigenvalue weighted by Crippen LogP contribution is -2.22. The quantitative estimate of drug-likeness (QED) is 0.601. The second-order valence-corrected chi connectivity index (χ2v) is 5.88. The van der Waals surface area contributed by atoms with Gasteiger partial charge in [-0.1, -0.05) is 12.1 Å². The normalized spacial score (nSPS) is 24.4. The van der Waals surface area contributed by atoms with Crippen molar-refractivity contribution in [2.24, 2.45) is 0 Å². The number of benzene rings is 1. The van der Waals surface area contributed by atoms with Gasteiger partial charge in [-0.05, 0) is 71.9 Å². The van der Waals surface area contributed by atoms with Gasteiger partial charge in [0.25, 0.3) is 0 Å². The highest BCUT2D eigenvalue weighted by Gasteiger charge is 2.23. The van der Waals surface area contributed by atoms with Gasteiger partial charge in [-0.3, -0.25) is 4.79 Å². The molecule has 0 bridgehead atoms. The molecular formula is C14H17IO2. The molecule has 1 aliphatic carbocycles. The van der Waals surface area contributed by atoms with Crippen LogP contribution in [-0.2, 0) is 9.53 Å². The lowest BCUT2D eigenvalue weighted by atomic mass is 9.83. The Hall–Kier alpha value is -0.580. The summed E-state index contributed by atoms with van der Waals surface area (Å²) in [5, 5.41) is 0. The van der Waals surface area contributed by atoms with Crippen LogP contribution in [0, 0.1) is 3.57 Å². The van der Waals surface area contributed by atoms with Gasteiger partial charge in [0, 0.05) is 10.5 Å². The Morgan fingerprint density at radius 2 is 1.76 bits per heavy atom. The molecule has 0 aromatic heterocycles. The number of rotatable bonds is 2. The van der Waals surface area contributed by atoms with E-state index in [1.807, 2.05) is 0 Å². The minimum Gasteiger partial charge on any atom is -0.463 e. The number of ether oxygens (including phenoxy) is 1. The van der Waals surface area contributed by atoms with E-state index in [1.165, 1.54) is 16.1 Å². The van der Waals surface area contributed by atoms with E-state index < -0.39 is 0 Å². The Labute approximate surface area is 116 Å². The summed E-state index contributed by atoms with van der Waals surface area (Å²) in [4.78, 5) is 10.9. The molecule has 0 atom stereocenters. The van der Waals surface area contributed by atoms with Crippen LogP contribution in [0.5, 0.6) is 0 Å². The van der Waals surface area contributed by atoms with Crippen LogP contribution in [-0.4, -0.2) is 12.1 Å². The number of hydrogen-bond acceptors (Lipinski definition) is 2. The highest BCUT2D eigenvalue weighted by atomic mass is 127. The lowest BCUT2D eigenvalue weighted by molar-refractivity contribution is -0.147. The van der Waals surface area contributed by atoms with E-state index in [1.54, 1.807) is 0 Å². The molecule has 1 saturated carbocycles. The molecule has 17 heavy (non-hydrogen) atoms. The summed E-state index contributed by atoms with van der Waals surface area (Å²) in [6.45, 7) is 1.49. The van der Waals surface area contributed by atoms with Crippen LogP contribution in [0.1, 0.15) is 44.1 Å². The zero-order chi connectivity index (χ0) is 12.3. The molecule has 0 unspecified atom stereocenters. The Morgan fingerprint density at radius 3 is 2.29 bits per heavy atom. The summed E-state index contributed by atoms with van der Waals surface area (Å²) in [5.41, 5.74) is 1.42. The summed E-state index contributed by atoms with van der Waals surface area (Å²) in [6.07, 6.45) is 4.39. The van der Waals surface area contributed by atoms with Gasteiger partial charge >= 0.3 is 5.97 Å². The topological polar surface area (TPSA) is 26.3 Å². The van der Waals surface area contributed by atoms with E-state index in [-0.39, 0.29) is 12.1 Å². The fourth-order valence-corrected chi connectivity index (χ4v) is 2.84. The summed E-state index contributed by atoms with van der Waals surface area (Å²) < 4.78 is 6.53. The molecule has 1 fully saturated rings. The van der Waals surface area contributed by atoms with Gasteiger partial charge in [0.1, 0.15) is 6.10 Å². The van der Waals surface area contributed by atoms with Crippen molar-refractivity contribution in [1.82, 2.24) is 0 Å². The van der Waals surface area contributed by atoms with E-state index in [9.17, 15) is 4.79 Å². The number of hydrogen-bond donors (Lipinski definition) is 0. The molecule has 1 aromatic carbocycles. The molecule has 3 heteroatoms. The van der Waals surface area contributed by atoms with Gasteiger partial charge in [0.05, 0.1) is 0 Å². The first kappa shape index (κ1) is 12.9. The van der Waals surface area contributed by atoms with E-state index >= 15 is 0 Å². The molecule has 0 saturated heterocycles. The minimum atomic E-state index is -0.150. The van der Waals surface area contributed by atoms with Crippen molar-refractivity contribution in [3.05, 3.63) is 33.4 Å². The maximum atomic E-state index is 10.9. The first-order valence-electron chi connectivity index (χ1n) is 6.08. The second kappa shape index (κ2) is 5.85. The first-order chi connectivity index (χ1) is 8.15. The highest BCUT2D eigenvalue weighted by molar-refractivity contribution is 14.1. The molecule has 0 heterocycles. The molecule has 0 aliphatic heterocycles. The number of esters is 1. The van der Waals surface area contributed by atoms with Crippen LogP contribution in [0.2, 0.25) is 0 Å². The molecule has 2 rings (SSSR count). The molecule has 0 radical (unpaired) electrons. The summed E-state index contributed by atoms with van der Waals surface area (Å²) in [7, 11) is 0. The number of carbonyl (C=O) groups is 1. The van der Waals surface area contributed by atoms with E-state index in [0.717, 1.165) is 25.7 Å². The Morgan fingerprint density at radius 1 is 1.18 bits per heavy atom. The third-order valence-electron chi connectivity index (χ3n) is 3.35. The predicted molar refractivity (Wildman–Crippen MR) is 75.9 cm³/mol. The van der Waals surface area contributed by atoms with E-state index in [2.05, 4.69) is 46.9 Å². The zero-order valence-electron chi connectivity index (χ0n) is 9.99. The van der Waals surface area contributed by atoms with Gasteiger partial charge in [-0.15, -0.1) is 0 Å². The van der Waals surface area contributed by atoms with Gasteiger partial charge in [-0.25, -0.2) is 0 Å². The van der Waals surface area contributed by atoms with Crippen molar-refractivity contribution >= 4 is 28.6 Å². The minimum absolute atomic E-state index is 0.146. The summed E-state index contributed by atoms with van der Waals surface area (Å²) in [5.74, 6) is 0.488.